The van der Waals surface area contributed by atoms with Crippen molar-refractivity contribution in [1.82, 2.24) is 0 Å². The zero-order valence-corrected chi connectivity index (χ0v) is 8.54. The first-order valence-corrected chi connectivity index (χ1v) is 5.29. The molecule has 1 aromatic carbocycles. The highest BCUT2D eigenvalue weighted by atomic mass is 32.2. The number of benzene rings is 1. The molecular weight excluding hydrogens is 202 g/mol. The smallest absolute Gasteiger partial charge is 0.298 e. The summed E-state index contributed by atoms with van der Waals surface area (Å²) in [5, 5.41) is 2.72. The second kappa shape index (κ2) is 4.26. The van der Waals surface area contributed by atoms with Crippen LogP contribution in [0.15, 0.2) is 41.9 Å². The lowest BCUT2D eigenvalue weighted by molar-refractivity contribution is 0.398. The highest BCUT2D eigenvalue weighted by Gasteiger charge is 2.16. The van der Waals surface area contributed by atoms with E-state index in [1.54, 1.807) is 18.2 Å². The topological polar surface area (TPSA) is 55.4 Å². The number of para-hydroxylation sites is 1. The summed E-state index contributed by atoms with van der Waals surface area (Å²) in [4.78, 5) is 0.0994. The first kappa shape index (κ1) is 10.7. The van der Waals surface area contributed by atoms with E-state index in [1.807, 2.05) is 0 Å². The Morgan fingerprint density at radius 2 is 2.07 bits per heavy atom. The van der Waals surface area contributed by atoms with Crippen LogP contribution in [-0.2, 0) is 14.3 Å². The Bertz CT molecular complexity index is 425. The molecule has 1 aromatic rings. The molecule has 0 atom stereocenters. The Balaban J connectivity index is 3.26. The summed E-state index contributed by atoms with van der Waals surface area (Å²) in [6, 6.07) is 6.44. The summed E-state index contributed by atoms with van der Waals surface area (Å²) >= 11 is 0. The Labute approximate surface area is 83.3 Å². The predicted octanol–water partition coefficient (Wildman–Crippen LogP) is 1.58. The Hall–Kier alpha value is -1.33. The maximum absolute atomic E-state index is 11.4. The highest BCUT2D eigenvalue weighted by Crippen LogP contribution is 2.21. The summed E-state index contributed by atoms with van der Waals surface area (Å²) in [5.41, 5.74) is 0.448. The number of rotatable bonds is 4. The van der Waals surface area contributed by atoms with Crippen LogP contribution in [-0.4, -0.2) is 15.5 Å². The van der Waals surface area contributed by atoms with E-state index in [9.17, 15) is 8.42 Å². The van der Waals surface area contributed by atoms with Gasteiger partial charge in [-0.2, -0.15) is 8.42 Å². The molecule has 0 bridgehead atoms. The third kappa shape index (κ3) is 2.12. The monoisotopic (exact) mass is 213 g/mol. The molecule has 0 aromatic heterocycles. The van der Waals surface area contributed by atoms with Gasteiger partial charge in [0.05, 0.1) is 12.8 Å². The number of hydrogen-bond acceptors (Lipinski definition) is 4. The number of nitrogens with one attached hydrogen (secondary N) is 1. The SMILES string of the molecule is C=CNc1ccccc1S(=O)(=O)OC. The minimum Gasteiger partial charge on any atom is -0.361 e. The summed E-state index contributed by atoms with van der Waals surface area (Å²) in [7, 11) is -2.54. The van der Waals surface area contributed by atoms with Crippen LogP contribution in [0.2, 0.25) is 0 Å². The highest BCUT2D eigenvalue weighted by molar-refractivity contribution is 7.87. The molecule has 76 valence electrons. The van der Waals surface area contributed by atoms with E-state index < -0.39 is 10.1 Å². The van der Waals surface area contributed by atoms with Gasteiger partial charge in [0.25, 0.3) is 10.1 Å². The van der Waals surface area contributed by atoms with Crippen molar-refractivity contribution in [3.8, 4) is 0 Å². The van der Waals surface area contributed by atoms with E-state index in [4.69, 9.17) is 0 Å². The molecule has 0 unspecified atom stereocenters. The molecule has 14 heavy (non-hydrogen) atoms. The third-order valence-corrected chi connectivity index (χ3v) is 2.97. The number of anilines is 1. The summed E-state index contributed by atoms with van der Waals surface area (Å²) < 4.78 is 27.2. The van der Waals surface area contributed by atoms with Crippen molar-refractivity contribution in [2.45, 2.75) is 4.90 Å². The normalized spacial score (nSPS) is 10.9. The van der Waals surface area contributed by atoms with Crippen LogP contribution in [0, 0.1) is 0 Å². The Morgan fingerprint density at radius 3 is 2.64 bits per heavy atom. The zero-order chi connectivity index (χ0) is 10.6. The van der Waals surface area contributed by atoms with Gasteiger partial charge in [-0.05, 0) is 18.3 Å². The van der Waals surface area contributed by atoms with Crippen LogP contribution in [0.1, 0.15) is 0 Å². The lowest BCUT2D eigenvalue weighted by atomic mass is 10.3. The summed E-state index contributed by atoms with van der Waals surface area (Å²) in [6.07, 6.45) is 1.41. The average molecular weight is 213 g/mol. The van der Waals surface area contributed by atoms with E-state index in [-0.39, 0.29) is 4.90 Å². The van der Waals surface area contributed by atoms with E-state index in [2.05, 4.69) is 16.1 Å². The van der Waals surface area contributed by atoms with Gasteiger partial charge in [-0.15, -0.1) is 0 Å². The predicted molar refractivity (Wildman–Crippen MR) is 54.5 cm³/mol. The van der Waals surface area contributed by atoms with E-state index >= 15 is 0 Å². The van der Waals surface area contributed by atoms with Crippen molar-refractivity contribution in [2.24, 2.45) is 0 Å². The van der Waals surface area contributed by atoms with Crippen molar-refractivity contribution < 1.29 is 12.6 Å². The van der Waals surface area contributed by atoms with Gasteiger partial charge in [-0.25, -0.2) is 0 Å². The lowest BCUT2D eigenvalue weighted by Crippen LogP contribution is -2.05. The van der Waals surface area contributed by atoms with Crippen LogP contribution >= 0.6 is 0 Å². The zero-order valence-electron chi connectivity index (χ0n) is 7.73. The molecular formula is C9H11NO3S. The summed E-state index contributed by atoms with van der Waals surface area (Å²) in [6.45, 7) is 3.46. The van der Waals surface area contributed by atoms with Gasteiger partial charge in [-0.1, -0.05) is 18.7 Å². The maximum Gasteiger partial charge on any atom is 0.298 e. The van der Waals surface area contributed by atoms with Gasteiger partial charge in [0.2, 0.25) is 0 Å². The van der Waals surface area contributed by atoms with Crippen LogP contribution < -0.4 is 5.32 Å². The van der Waals surface area contributed by atoms with Crippen molar-refractivity contribution >= 4 is 15.8 Å². The largest absolute Gasteiger partial charge is 0.361 e. The van der Waals surface area contributed by atoms with Crippen molar-refractivity contribution in [1.29, 1.82) is 0 Å². The lowest BCUT2D eigenvalue weighted by Gasteiger charge is -2.07. The molecule has 4 nitrogen and oxygen atoms in total. The molecule has 0 aliphatic rings. The van der Waals surface area contributed by atoms with Gasteiger partial charge >= 0.3 is 0 Å². The molecule has 1 N–H and O–H groups in total. The quantitative estimate of drug-likeness (QED) is 0.771. The van der Waals surface area contributed by atoms with Gasteiger partial charge in [-0.3, -0.25) is 4.18 Å². The van der Waals surface area contributed by atoms with Crippen molar-refractivity contribution in [3.05, 3.63) is 37.0 Å². The average Bonchev–Trinajstić information content (AvgIpc) is 2.19. The van der Waals surface area contributed by atoms with Crippen LogP contribution in [0.25, 0.3) is 0 Å². The molecule has 0 amide bonds. The fourth-order valence-corrected chi connectivity index (χ4v) is 1.82. The van der Waals surface area contributed by atoms with E-state index in [0.29, 0.717) is 5.69 Å². The first-order chi connectivity index (χ1) is 6.61. The molecule has 0 spiro atoms. The standard InChI is InChI=1S/C9H11NO3S/c1-3-10-8-6-4-5-7-9(8)14(11,12)13-2/h3-7,10H,1H2,2H3. The molecule has 0 aliphatic carbocycles. The van der Waals surface area contributed by atoms with Crippen molar-refractivity contribution in [2.75, 3.05) is 12.4 Å². The minimum absolute atomic E-state index is 0.0994. The minimum atomic E-state index is -3.66. The summed E-state index contributed by atoms with van der Waals surface area (Å²) in [5.74, 6) is 0. The first-order valence-electron chi connectivity index (χ1n) is 3.89. The van der Waals surface area contributed by atoms with E-state index in [1.165, 1.54) is 12.3 Å². The molecule has 0 saturated carbocycles. The maximum atomic E-state index is 11.4. The van der Waals surface area contributed by atoms with Crippen molar-refractivity contribution in [3.63, 3.8) is 0 Å². The molecule has 0 aliphatic heterocycles. The van der Waals surface area contributed by atoms with Gasteiger partial charge in [0.1, 0.15) is 4.90 Å². The molecule has 0 fully saturated rings. The fraction of sp³-hybridized carbons (Fsp3) is 0.111. The van der Waals surface area contributed by atoms with Gasteiger partial charge in [0, 0.05) is 0 Å². The molecule has 5 heteroatoms. The Kier molecular flexibility index (Phi) is 3.27. The van der Waals surface area contributed by atoms with Crippen LogP contribution in [0.3, 0.4) is 0 Å². The third-order valence-electron chi connectivity index (χ3n) is 1.63. The second-order valence-corrected chi connectivity index (χ2v) is 4.15. The Morgan fingerprint density at radius 1 is 1.43 bits per heavy atom. The molecule has 0 heterocycles. The number of hydrogen-bond donors (Lipinski definition) is 1. The second-order valence-electron chi connectivity index (χ2n) is 2.47. The molecule has 0 saturated heterocycles. The van der Waals surface area contributed by atoms with Crippen LogP contribution in [0.5, 0.6) is 0 Å². The van der Waals surface area contributed by atoms with Crippen LogP contribution in [0.4, 0.5) is 5.69 Å². The fourth-order valence-electron chi connectivity index (χ4n) is 1.00. The van der Waals surface area contributed by atoms with E-state index in [0.717, 1.165) is 7.11 Å². The molecule has 0 radical (unpaired) electrons. The van der Waals surface area contributed by atoms with Gasteiger partial charge in [0.15, 0.2) is 0 Å². The molecule has 1 rings (SSSR count). The van der Waals surface area contributed by atoms with Gasteiger partial charge < -0.3 is 5.32 Å².